The molecule has 34 heavy (non-hydrogen) atoms. The Morgan fingerprint density at radius 2 is 1.65 bits per heavy atom. The van der Waals surface area contributed by atoms with Crippen LogP contribution in [0, 0.1) is 5.92 Å². The normalized spacial score (nSPS) is 15.0. The van der Waals surface area contributed by atoms with Crippen molar-refractivity contribution in [1.82, 2.24) is 9.97 Å². The van der Waals surface area contributed by atoms with Crippen molar-refractivity contribution in [3.05, 3.63) is 60.8 Å². The number of anilines is 4. The molecule has 1 atom stereocenters. The van der Waals surface area contributed by atoms with Crippen LogP contribution in [0.3, 0.4) is 0 Å². The number of hydrogen-bond acceptors (Lipinski definition) is 6. The molecule has 1 saturated heterocycles. The molecule has 178 valence electrons. The van der Waals surface area contributed by atoms with Gasteiger partial charge in [0, 0.05) is 41.9 Å². The number of amides is 1. The second-order valence-electron chi connectivity index (χ2n) is 7.87. The van der Waals surface area contributed by atoms with Crippen molar-refractivity contribution in [2.75, 3.05) is 41.8 Å². The van der Waals surface area contributed by atoms with Crippen LogP contribution in [0.2, 0.25) is 0 Å². The Balaban J connectivity index is 1.40. The third kappa shape index (κ3) is 5.82. The lowest BCUT2D eigenvalue weighted by molar-refractivity contribution is -0.175. The molecule has 7 nitrogen and oxygen atoms in total. The van der Waals surface area contributed by atoms with Gasteiger partial charge in [-0.25, -0.2) is 9.97 Å². The molecule has 1 aliphatic rings. The molecule has 1 unspecified atom stereocenters. The van der Waals surface area contributed by atoms with E-state index in [9.17, 15) is 18.0 Å². The summed E-state index contributed by atoms with van der Waals surface area (Å²) in [5, 5.41) is 5.46. The van der Waals surface area contributed by atoms with Gasteiger partial charge in [-0.3, -0.25) is 4.79 Å². The average Bonchev–Trinajstić information content (AvgIpc) is 2.84. The summed E-state index contributed by atoms with van der Waals surface area (Å²) in [6.07, 6.45) is -2.97. The van der Waals surface area contributed by atoms with E-state index in [-0.39, 0.29) is 5.69 Å². The number of morpholine rings is 1. The number of nitrogens with one attached hydrogen (secondary N) is 2. The van der Waals surface area contributed by atoms with Gasteiger partial charge in [0.05, 0.1) is 18.9 Å². The van der Waals surface area contributed by atoms with Crippen LogP contribution in [0.25, 0.3) is 11.3 Å². The van der Waals surface area contributed by atoms with E-state index >= 15 is 0 Å². The predicted octanol–water partition coefficient (Wildman–Crippen LogP) is 4.86. The van der Waals surface area contributed by atoms with E-state index in [0.29, 0.717) is 11.6 Å². The van der Waals surface area contributed by atoms with Gasteiger partial charge in [-0.2, -0.15) is 13.2 Å². The fourth-order valence-corrected chi connectivity index (χ4v) is 3.41. The van der Waals surface area contributed by atoms with Crippen LogP contribution in [0.1, 0.15) is 6.92 Å². The SMILES string of the molecule is CC(C(=O)Nc1ccc(-c2ccnc(Nc3ccc(N4CCOCC4)cc3)n2)cc1)C(F)(F)F. The number of carbonyl (C=O) groups is 1. The Bertz CT molecular complexity index is 1110. The first kappa shape index (κ1) is 23.5. The standard InChI is InChI=1S/C24H24F3N5O2/c1-16(24(25,26)27)22(33)29-18-4-2-17(3-5-18)21-10-11-28-23(31-21)30-19-6-8-20(9-7-19)32-12-14-34-15-13-32/h2-11,16H,12-15H2,1H3,(H,29,33)(H,28,30,31). The quantitative estimate of drug-likeness (QED) is 0.535. The zero-order valence-corrected chi connectivity index (χ0v) is 18.5. The zero-order valence-electron chi connectivity index (χ0n) is 18.5. The van der Waals surface area contributed by atoms with Gasteiger partial charge in [-0.1, -0.05) is 12.1 Å². The minimum Gasteiger partial charge on any atom is -0.378 e. The highest BCUT2D eigenvalue weighted by Gasteiger charge is 2.41. The number of alkyl halides is 3. The summed E-state index contributed by atoms with van der Waals surface area (Å²) < 4.78 is 43.5. The topological polar surface area (TPSA) is 79.4 Å². The fraction of sp³-hybridized carbons (Fsp3) is 0.292. The number of aromatic nitrogens is 2. The summed E-state index contributed by atoms with van der Waals surface area (Å²) in [7, 11) is 0. The Labute approximate surface area is 195 Å². The molecule has 0 saturated carbocycles. The number of nitrogens with zero attached hydrogens (tertiary/aromatic N) is 3. The molecule has 0 aliphatic carbocycles. The number of hydrogen-bond donors (Lipinski definition) is 2. The maximum absolute atomic E-state index is 12.7. The number of benzene rings is 2. The second kappa shape index (κ2) is 10.1. The van der Waals surface area contributed by atoms with Crippen molar-refractivity contribution in [1.29, 1.82) is 0 Å². The van der Waals surface area contributed by atoms with Gasteiger partial charge >= 0.3 is 6.18 Å². The molecular formula is C24H24F3N5O2. The minimum absolute atomic E-state index is 0.276. The minimum atomic E-state index is -4.59. The molecule has 0 spiro atoms. The maximum Gasteiger partial charge on any atom is 0.400 e. The van der Waals surface area contributed by atoms with E-state index in [0.717, 1.165) is 50.2 Å². The molecule has 1 aliphatic heterocycles. The predicted molar refractivity (Wildman–Crippen MR) is 124 cm³/mol. The molecule has 1 aromatic heterocycles. The van der Waals surface area contributed by atoms with Crippen molar-refractivity contribution in [3.63, 3.8) is 0 Å². The molecule has 10 heteroatoms. The number of carbonyl (C=O) groups excluding carboxylic acids is 1. The first-order chi connectivity index (χ1) is 16.3. The van der Waals surface area contributed by atoms with Crippen molar-refractivity contribution < 1.29 is 22.7 Å². The average molecular weight is 471 g/mol. The van der Waals surface area contributed by atoms with Gasteiger partial charge < -0.3 is 20.3 Å². The first-order valence-corrected chi connectivity index (χ1v) is 10.8. The highest BCUT2D eigenvalue weighted by Crippen LogP contribution is 2.28. The van der Waals surface area contributed by atoms with Crippen molar-refractivity contribution in [2.24, 2.45) is 5.92 Å². The van der Waals surface area contributed by atoms with E-state index in [1.807, 2.05) is 24.3 Å². The highest BCUT2D eigenvalue weighted by atomic mass is 19.4. The number of ether oxygens (including phenoxy) is 1. The third-order valence-electron chi connectivity index (χ3n) is 5.49. The van der Waals surface area contributed by atoms with Crippen LogP contribution in [-0.2, 0) is 9.53 Å². The number of rotatable bonds is 6. The van der Waals surface area contributed by atoms with Crippen molar-refractivity contribution in [2.45, 2.75) is 13.1 Å². The lowest BCUT2D eigenvalue weighted by atomic mass is 10.1. The molecule has 0 bridgehead atoms. The second-order valence-corrected chi connectivity index (χ2v) is 7.87. The lowest BCUT2D eigenvalue weighted by Crippen LogP contribution is -2.36. The Morgan fingerprint density at radius 1 is 1.00 bits per heavy atom. The summed E-state index contributed by atoms with van der Waals surface area (Å²) in [5.41, 5.74) is 3.60. The summed E-state index contributed by atoms with van der Waals surface area (Å²) in [6, 6.07) is 16.1. The molecule has 3 aromatic rings. The van der Waals surface area contributed by atoms with E-state index in [4.69, 9.17) is 4.74 Å². The zero-order chi connectivity index (χ0) is 24.1. The largest absolute Gasteiger partial charge is 0.400 e. The van der Waals surface area contributed by atoms with Gasteiger partial charge in [0.2, 0.25) is 11.9 Å². The molecule has 2 N–H and O–H groups in total. The Hall–Kier alpha value is -3.66. The van der Waals surface area contributed by atoms with Crippen LogP contribution >= 0.6 is 0 Å². The summed E-state index contributed by atoms with van der Waals surface area (Å²) >= 11 is 0. The summed E-state index contributed by atoms with van der Waals surface area (Å²) in [4.78, 5) is 22.8. The fourth-order valence-electron chi connectivity index (χ4n) is 3.41. The molecule has 2 aromatic carbocycles. The van der Waals surface area contributed by atoms with Crippen LogP contribution < -0.4 is 15.5 Å². The number of halogens is 3. The third-order valence-corrected chi connectivity index (χ3v) is 5.49. The first-order valence-electron chi connectivity index (χ1n) is 10.8. The van der Waals surface area contributed by atoms with Crippen LogP contribution in [0.4, 0.5) is 36.2 Å². The van der Waals surface area contributed by atoms with E-state index < -0.39 is 18.0 Å². The molecule has 1 amide bonds. The smallest absolute Gasteiger partial charge is 0.378 e. The van der Waals surface area contributed by atoms with E-state index in [2.05, 4.69) is 25.5 Å². The lowest BCUT2D eigenvalue weighted by Gasteiger charge is -2.28. The van der Waals surface area contributed by atoms with Gasteiger partial charge in [0.1, 0.15) is 5.92 Å². The van der Waals surface area contributed by atoms with Crippen molar-refractivity contribution in [3.8, 4) is 11.3 Å². The Morgan fingerprint density at radius 3 is 2.29 bits per heavy atom. The van der Waals surface area contributed by atoms with Crippen LogP contribution in [0.15, 0.2) is 60.8 Å². The maximum atomic E-state index is 12.7. The van der Waals surface area contributed by atoms with Crippen LogP contribution in [0.5, 0.6) is 0 Å². The van der Waals surface area contributed by atoms with Gasteiger partial charge in [0.15, 0.2) is 0 Å². The summed E-state index contributed by atoms with van der Waals surface area (Å²) in [6.45, 7) is 4.00. The Kier molecular flexibility index (Phi) is 6.97. The molecule has 0 radical (unpaired) electrons. The van der Waals surface area contributed by atoms with E-state index in [1.165, 1.54) is 12.1 Å². The molecule has 2 heterocycles. The van der Waals surface area contributed by atoms with E-state index in [1.54, 1.807) is 24.4 Å². The molecule has 1 fully saturated rings. The van der Waals surface area contributed by atoms with Crippen LogP contribution in [-0.4, -0.2) is 48.4 Å². The molecular weight excluding hydrogens is 447 g/mol. The van der Waals surface area contributed by atoms with Gasteiger partial charge in [0.25, 0.3) is 0 Å². The highest BCUT2D eigenvalue weighted by molar-refractivity contribution is 5.93. The molecule has 4 rings (SSSR count). The van der Waals surface area contributed by atoms with Crippen molar-refractivity contribution >= 4 is 28.9 Å². The van der Waals surface area contributed by atoms with Gasteiger partial charge in [-0.15, -0.1) is 0 Å². The summed E-state index contributed by atoms with van der Waals surface area (Å²) in [5.74, 6) is -2.79. The van der Waals surface area contributed by atoms with Gasteiger partial charge in [-0.05, 0) is 49.4 Å². The monoisotopic (exact) mass is 471 g/mol.